The maximum absolute atomic E-state index is 13.5. The maximum Gasteiger partial charge on any atom is 0.293 e. The molecule has 2 amide bonds. The van der Waals surface area contributed by atoms with Gasteiger partial charge in [0.2, 0.25) is 0 Å². The number of carbonyl (C=O) groups excluding carboxylic acids is 2. The van der Waals surface area contributed by atoms with Crippen molar-refractivity contribution in [2.24, 2.45) is 0 Å². The zero-order valence-corrected chi connectivity index (χ0v) is 11.5. The number of imide groups is 1. The molecule has 1 aromatic rings. The number of hydrogen-bond acceptors (Lipinski definition) is 3. The van der Waals surface area contributed by atoms with Crippen molar-refractivity contribution >= 4 is 29.0 Å². The highest BCUT2D eigenvalue weighted by molar-refractivity contribution is 8.18. The van der Waals surface area contributed by atoms with Crippen molar-refractivity contribution in [1.29, 1.82) is 0 Å². The van der Waals surface area contributed by atoms with E-state index in [0.717, 1.165) is 11.8 Å². The van der Waals surface area contributed by atoms with Crippen LogP contribution in [-0.2, 0) is 4.79 Å². The van der Waals surface area contributed by atoms with Crippen molar-refractivity contribution in [2.45, 2.75) is 26.3 Å². The van der Waals surface area contributed by atoms with Crippen molar-refractivity contribution in [2.75, 3.05) is 0 Å². The van der Waals surface area contributed by atoms with E-state index in [4.69, 9.17) is 0 Å². The van der Waals surface area contributed by atoms with Crippen LogP contribution in [0.3, 0.4) is 0 Å². The molecule has 0 aliphatic carbocycles. The smallest absolute Gasteiger partial charge is 0.268 e. The van der Waals surface area contributed by atoms with Gasteiger partial charge in [-0.3, -0.25) is 14.5 Å². The molecule has 0 N–H and O–H groups in total. The number of amides is 2. The lowest BCUT2D eigenvalue weighted by Gasteiger charge is -2.19. The van der Waals surface area contributed by atoms with Gasteiger partial charge >= 0.3 is 0 Å². The molecular formula is C14H14FNO2S. The van der Waals surface area contributed by atoms with Crippen molar-refractivity contribution in [1.82, 2.24) is 4.90 Å². The summed E-state index contributed by atoms with van der Waals surface area (Å²) in [7, 11) is 0. The summed E-state index contributed by atoms with van der Waals surface area (Å²) in [5.74, 6) is -0.745. The second-order valence-electron chi connectivity index (χ2n) is 4.33. The van der Waals surface area contributed by atoms with Crippen molar-refractivity contribution in [3.63, 3.8) is 0 Å². The Balaban J connectivity index is 2.31. The summed E-state index contributed by atoms with van der Waals surface area (Å²) >= 11 is 0.861. The lowest BCUT2D eigenvalue weighted by atomic mass is 10.2. The van der Waals surface area contributed by atoms with E-state index < -0.39 is 5.82 Å². The third-order valence-corrected chi connectivity index (χ3v) is 3.93. The first kappa shape index (κ1) is 13.8. The molecule has 1 atom stereocenters. The number of thioether (sulfide) groups is 1. The van der Waals surface area contributed by atoms with Crippen LogP contribution in [-0.4, -0.2) is 22.1 Å². The zero-order chi connectivity index (χ0) is 14.0. The molecule has 1 aliphatic rings. The van der Waals surface area contributed by atoms with E-state index >= 15 is 0 Å². The molecular weight excluding hydrogens is 265 g/mol. The average molecular weight is 279 g/mol. The summed E-state index contributed by atoms with van der Waals surface area (Å²) < 4.78 is 13.5. The normalized spacial score (nSPS) is 19.3. The van der Waals surface area contributed by atoms with Gasteiger partial charge in [0.25, 0.3) is 11.1 Å². The summed E-state index contributed by atoms with van der Waals surface area (Å²) in [6.45, 7) is 3.73. The topological polar surface area (TPSA) is 37.4 Å². The predicted octanol–water partition coefficient (Wildman–Crippen LogP) is 3.66. The Morgan fingerprint density at radius 2 is 2.05 bits per heavy atom. The van der Waals surface area contributed by atoms with E-state index in [1.54, 1.807) is 18.2 Å². The molecule has 19 heavy (non-hydrogen) atoms. The maximum atomic E-state index is 13.5. The minimum absolute atomic E-state index is 0.140. The number of rotatable bonds is 3. The Morgan fingerprint density at radius 1 is 1.37 bits per heavy atom. The number of halogens is 1. The van der Waals surface area contributed by atoms with E-state index in [2.05, 4.69) is 0 Å². The highest BCUT2D eigenvalue weighted by Gasteiger charge is 2.37. The van der Waals surface area contributed by atoms with Gasteiger partial charge in [0, 0.05) is 11.6 Å². The lowest BCUT2D eigenvalue weighted by Crippen LogP contribution is -2.36. The van der Waals surface area contributed by atoms with Gasteiger partial charge in [-0.2, -0.15) is 0 Å². The molecule has 1 aliphatic heterocycles. The third kappa shape index (κ3) is 2.71. The molecule has 0 saturated carbocycles. The Hall–Kier alpha value is -1.62. The van der Waals surface area contributed by atoms with E-state index in [1.165, 1.54) is 17.0 Å². The van der Waals surface area contributed by atoms with Crippen LogP contribution in [0.25, 0.3) is 6.08 Å². The minimum atomic E-state index is -0.405. The van der Waals surface area contributed by atoms with Crippen LogP contribution >= 0.6 is 11.8 Å². The molecule has 0 bridgehead atoms. The number of benzene rings is 1. The van der Waals surface area contributed by atoms with Crippen LogP contribution in [0.1, 0.15) is 25.8 Å². The molecule has 5 heteroatoms. The van der Waals surface area contributed by atoms with Gasteiger partial charge < -0.3 is 0 Å². The molecule has 1 saturated heterocycles. The molecule has 2 rings (SSSR count). The van der Waals surface area contributed by atoms with Gasteiger partial charge in [0.1, 0.15) is 5.82 Å². The van der Waals surface area contributed by atoms with E-state index in [1.807, 2.05) is 13.8 Å². The van der Waals surface area contributed by atoms with Crippen LogP contribution in [0.2, 0.25) is 0 Å². The van der Waals surface area contributed by atoms with E-state index in [-0.39, 0.29) is 22.1 Å². The largest absolute Gasteiger partial charge is 0.293 e. The fraction of sp³-hybridized carbons (Fsp3) is 0.286. The Bertz CT molecular complexity index is 556. The van der Waals surface area contributed by atoms with Gasteiger partial charge in [-0.25, -0.2) is 4.39 Å². The SMILES string of the molecule is CC[C@@H](C)N1C(=O)S/C(=C/c2ccccc2F)C1=O. The summed E-state index contributed by atoms with van der Waals surface area (Å²) in [6, 6.07) is 6.03. The molecule has 1 fully saturated rings. The van der Waals surface area contributed by atoms with Crippen LogP contribution < -0.4 is 0 Å². The fourth-order valence-electron chi connectivity index (χ4n) is 1.78. The standard InChI is InChI=1S/C14H14FNO2S/c1-3-9(2)16-13(17)12(19-14(16)18)8-10-6-4-5-7-11(10)15/h4-9H,3H2,1-2H3/b12-8+/t9-/m1/s1. The number of nitrogens with zero attached hydrogens (tertiary/aromatic N) is 1. The highest BCUT2D eigenvalue weighted by atomic mass is 32.2. The molecule has 3 nitrogen and oxygen atoms in total. The minimum Gasteiger partial charge on any atom is -0.268 e. The first-order valence-electron chi connectivity index (χ1n) is 6.06. The summed E-state index contributed by atoms with van der Waals surface area (Å²) in [5, 5.41) is -0.290. The first-order chi connectivity index (χ1) is 9.04. The van der Waals surface area contributed by atoms with Crippen molar-refractivity contribution in [3.8, 4) is 0 Å². The molecule has 0 aromatic heterocycles. The van der Waals surface area contributed by atoms with E-state index in [0.29, 0.717) is 12.0 Å². The highest BCUT2D eigenvalue weighted by Crippen LogP contribution is 2.34. The zero-order valence-electron chi connectivity index (χ0n) is 10.7. The lowest BCUT2D eigenvalue weighted by molar-refractivity contribution is -0.124. The second kappa shape index (κ2) is 5.57. The van der Waals surface area contributed by atoms with Crippen molar-refractivity contribution in [3.05, 3.63) is 40.6 Å². The average Bonchev–Trinajstić information content (AvgIpc) is 2.66. The van der Waals surface area contributed by atoms with Crippen LogP contribution in [0, 0.1) is 5.82 Å². The number of hydrogen-bond donors (Lipinski definition) is 0. The molecule has 100 valence electrons. The van der Waals surface area contributed by atoms with Gasteiger partial charge in [0.05, 0.1) is 4.91 Å². The predicted molar refractivity (Wildman–Crippen MR) is 74.0 cm³/mol. The summed E-state index contributed by atoms with van der Waals surface area (Å²) in [4.78, 5) is 25.4. The Labute approximate surface area is 115 Å². The molecule has 0 unspecified atom stereocenters. The second-order valence-corrected chi connectivity index (χ2v) is 5.32. The Morgan fingerprint density at radius 3 is 2.68 bits per heavy atom. The van der Waals surface area contributed by atoms with Gasteiger partial charge in [0.15, 0.2) is 0 Å². The number of carbonyl (C=O) groups is 2. The first-order valence-corrected chi connectivity index (χ1v) is 6.87. The fourth-order valence-corrected chi connectivity index (χ4v) is 2.70. The summed E-state index contributed by atoms with van der Waals surface area (Å²) in [6.07, 6.45) is 2.13. The van der Waals surface area contributed by atoms with Crippen LogP contribution in [0.15, 0.2) is 29.2 Å². The van der Waals surface area contributed by atoms with Crippen molar-refractivity contribution < 1.29 is 14.0 Å². The molecule has 0 radical (unpaired) electrons. The van der Waals surface area contributed by atoms with Gasteiger partial charge in [-0.15, -0.1) is 0 Å². The third-order valence-electron chi connectivity index (χ3n) is 3.05. The van der Waals surface area contributed by atoms with Gasteiger partial charge in [-0.1, -0.05) is 25.1 Å². The molecule has 0 spiro atoms. The summed E-state index contributed by atoms with van der Waals surface area (Å²) in [5.41, 5.74) is 0.317. The van der Waals surface area contributed by atoms with Crippen LogP contribution in [0.5, 0.6) is 0 Å². The molecule has 1 aromatic carbocycles. The monoisotopic (exact) mass is 279 g/mol. The molecule has 1 heterocycles. The quantitative estimate of drug-likeness (QED) is 0.792. The van der Waals surface area contributed by atoms with Gasteiger partial charge in [-0.05, 0) is 37.2 Å². The van der Waals surface area contributed by atoms with E-state index in [9.17, 15) is 14.0 Å². The Kier molecular flexibility index (Phi) is 4.04. The van der Waals surface area contributed by atoms with Crippen LogP contribution in [0.4, 0.5) is 9.18 Å².